The fourth-order valence-electron chi connectivity index (χ4n) is 2.82. The van der Waals surface area contributed by atoms with Crippen molar-refractivity contribution in [3.63, 3.8) is 0 Å². The lowest BCUT2D eigenvalue weighted by Crippen LogP contribution is -2.31. The molecule has 0 heterocycles. The Balaban J connectivity index is 1.88. The second kappa shape index (κ2) is 6.12. The van der Waals surface area contributed by atoms with Crippen molar-refractivity contribution in [1.29, 1.82) is 0 Å². The summed E-state index contributed by atoms with van der Waals surface area (Å²) in [4.78, 5) is 1.34. The molecule has 0 saturated heterocycles. The van der Waals surface area contributed by atoms with E-state index in [9.17, 15) is 0 Å². The summed E-state index contributed by atoms with van der Waals surface area (Å²) in [6.07, 6.45) is 7.72. The smallest absolute Gasteiger partial charge is 0.0292 e. The third-order valence-corrected chi connectivity index (χ3v) is 5.01. The van der Waals surface area contributed by atoms with Gasteiger partial charge >= 0.3 is 0 Å². The van der Waals surface area contributed by atoms with Crippen LogP contribution in [0.1, 0.15) is 51.1 Å². The van der Waals surface area contributed by atoms with Crippen LogP contribution in [0.2, 0.25) is 0 Å². The van der Waals surface area contributed by atoms with Gasteiger partial charge in [-0.1, -0.05) is 31.9 Å². The van der Waals surface area contributed by atoms with Gasteiger partial charge in [0.15, 0.2) is 0 Å². The average Bonchev–Trinajstić information content (AvgIpc) is 2.83. The van der Waals surface area contributed by atoms with Crippen LogP contribution in [-0.2, 0) is 0 Å². The Morgan fingerprint density at radius 3 is 2.39 bits per heavy atom. The Bertz CT molecular complexity index is 365. The topological polar surface area (TPSA) is 12.0 Å². The molecule has 1 N–H and O–H groups in total. The van der Waals surface area contributed by atoms with E-state index in [1.54, 1.807) is 11.8 Å². The second-order valence-corrected chi connectivity index (χ2v) is 6.77. The zero-order valence-corrected chi connectivity index (χ0v) is 12.6. The Kier molecular flexibility index (Phi) is 4.74. The van der Waals surface area contributed by atoms with Gasteiger partial charge in [-0.3, -0.25) is 0 Å². The zero-order valence-electron chi connectivity index (χ0n) is 11.8. The molecule has 1 unspecified atom stereocenters. The number of benzene rings is 1. The minimum absolute atomic E-state index is 0.457. The number of rotatable bonds is 5. The summed E-state index contributed by atoms with van der Waals surface area (Å²) in [5.41, 5.74) is 1.93. The predicted molar refractivity (Wildman–Crippen MR) is 81.2 cm³/mol. The van der Waals surface area contributed by atoms with Gasteiger partial charge in [0, 0.05) is 17.5 Å². The summed E-state index contributed by atoms with van der Waals surface area (Å²) in [7, 11) is 0. The maximum atomic E-state index is 3.71. The first kappa shape index (κ1) is 14.0. The molecule has 0 aromatic heterocycles. The van der Waals surface area contributed by atoms with E-state index in [4.69, 9.17) is 0 Å². The van der Waals surface area contributed by atoms with E-state index in [0.29, 0.717) is 11.5 Å². The highest BCUT2D eigenvalue weighted by atomic mass is 32.2. The first-order valence-electron chi connectivity index (χ1n) is 7.00. The summed E-state index contributed by atoms with van der Waals surface area (Å²) in [5.74, 6) is 0. The molecule has 2 heteroatoms. The van der Waals surface area contributed by atoms with E-state index < -0.39 is 0 Å². The van der Waals surface area contributed by atoms with Gasteiger partial charge in [0.1, 0.15) is 0 Å². The van der Waals surface area contributed by atoms with Crippen LogP contribution >= 0.6 is 11.8 Å². The molecule has 1 atom stereocenters. The number of hydrogen-bond acceptors (Lipinski definition) is 2. The molecule has 0 aliphatic heterocycles. The van der Waals surface area contributed by atoms with Crippen LogP contribution in [0.15, 0.2) is 29.2 Å². The molecule has 1 aromatic carbocycles. The molecular weight excluding hydrogens is 238 g/mol. The van der Waals surface area contributed by atoms with Gasteiger partial charge in [-0.25, -0.2) is 0 Å². The summed E-state index contributed by atoms with van der Waals surface area (Å²) >= 11 is 1.80. The average molecular weight is 263 g/mol. The molecule has 1 aromatic rings. The summed E-state index contributed by atoms with van der Waals surface area (Å²) < 4.78 is 0. The third kappa shape index (κ3) is 3.52. The zero-order chi connectivity index (χ0) is 13.0. The van der Waals surface area contributed by atoms with E-state index in [1.807, 2.05) is 0 Å². The Morgan fingerprint density at radius 1 is 1.22 bits per heavy atom. The first-order chi connectivity index (χ1) is 8.63. The van der Waals surface area contributed by atoms with E-state index in [2.05, 4.69) is 49.7 Å². The van der Waals surface area contributed by atoms with Crippen LogP contribution in [0, 0.1) is 5.41 Å². The molecule has 18 heavy (non-hydrogen) atoms. The van der Waals surface area contributed by atoms with Crippen LogP contribution in [0.25, 0.3) is 0 Å². The molecule has 0 amide bonds. The number of nitrogens with one attached hydrogen (secondary N) is 1. The largest absolute Gasteiger partial charge is 0.310 e. The SMILES string of the molecule is CSc1ccc(C(C)NCC2(C)CCCC2)cc1. The van der Waals surface area contributed by atoms with E-state index >= 15 is 0 Å². The Hall–Kier alpha value is -0.470. The maximum absolute atomic E-state index is 3.71. The van der Waals surface area contributed by atoms with Crippen LogP contribution in [0.4, 0.5) is 0 Å². The van der Waals surface area contributed by atoms with E-state index in [0.717, 1.165) is 6.54 Å². The van der Waals surface area contributed by atoms with Crippen LogP contribution in [0.3, 0.4) is 0 Å². The molecule has 0 bridgehead atoms. The minimum Gasteiger partial charge on any atom is -0.310 e. The molecule has 1 aliphatic rings. The molecule has 0 radical (unpaired) electrons. The Labute approximate surface area is 116 Å². The van der Waals surface area contributed by atoms with Gasteiger partial charge in [-0.15, -0.1) is 11.8 Å². The standard InChI is InChI=1S/C16H25NS/c1-13(14-6-8-15(18-3)9-7-14)17-12-16(2)10-4-5-11-16/h6-9,13,17H,4-5,10-12H2,1-3H3. The van der Waals surface area contributed by atoms with Crippen molar-refractivity contribution in [2.24, 2.45) is 5.41 Å². The first-order valence-corrected chi connectivity index (χ1v) is 8.23. The fourth-order valence-corrected chi connectivity index (χ4v) is 3.22. The summed E-state index contributed by atoms with van der Waals surface area (Å²) in [5, 5.41) is 3.71. The molecule has 100 valence electrons. The summed E-state index contributed by atoms with van der Waals surface area (Å²) in [6.45, 7) is 5.85. The second-order valence-electron chi connectivity index (χ2n) is 5.89. The minimum atomic E-state index is 0.457. The van der Waals surface area contributed by atoms with E-state index in [1.165, 1.54) is 36.1 Å². The monoisotopic (exact) mass is 263 g/mol. The van der Waals surface area contributed by atoms with Gasteiger partial charge in [-0.2, -0.15) is 0 Å². The van der Waals surface area contributed by atoms with Crippen molar-refractivity contribution in [3.05, 3.63) is 29.8 Å². The van der Waals surface area contributed by atoms with Crippen molar-refractivity contribution in [3.8, 4) is 0 Å². The van der Waals surface area contributed by atoms with Crippen molar-refractivity contribution < 1.29 is 0 Å². The van der Waals surface area contributed by atoms with Gasteiger partial charge in [0.25, 0.3) is 0 Å². The summed E-state index contributed by atoms with van der Waals surface area (Å²) in [6, 6.07) is 9.39. The number of thioether (sulfide) groups is 1. The maximum Gasteiger partial charge on any atom is 0.0292 e. The Morgan fingerprint density at radius 2 is 1.83 bits per heavy atom. The highest BCUT2D eigenvalue weighted by Crippen LogP contribution is 2.37. The molecule has 0 spiro atoms. The predicted octanol–water partition coefficient (Wildman–Crippen LogP) is 4.64. The van der Waals surface area contributed by atoms with Crippen LogP contribution in [-0.4, -0.2) is 12.8 Å². The quantitative estimate of drug-likeness (QED) is 0.777. The third-order valence-electron chi connectivity index (χ3n) is 4.26. The normalized spacial score (nSPS) is 19.9. The van der Waals surface area contributed by atoms with Crippen LogP contribution in [0.5, 0.6) is 0 Å². The van der Waals surface area contributed by atoms with Crippen molar-refractivity contribution in [2.75, 3.05) is 12.8 Å². The van der Waals surface area contributed by atoms with Gasteiger partial charge in [0.2, 0.25) is 0 Å². The van der Waals surface area contributed by atoms with Crippen molar-refractivity contribution in [2.45, 2.75) is 50.5 Å². The van der Waals surface area contributed by atoms with Crippen molar-refractivity contribution >= 4 is 11.8 Å². The highest BCUT2D eigenvalue weighted by Gasteiger charge is 2.28. The molecule has 1 saturated carbocycles. The number of hydrogen-bond donors (Lipinski definition) is 1. The lowest BCUT2D eigenvalue weighted by Gasteiger charge is -2.26. The van der Waals surface area contributed by atoms with Crippen molar-refractivity contribution in [1.82, 2.24) is 5.32 Å². The van der Waals surface area contributed by atoms with E-state index in [-0.39, 0.29) is 0 Å². The lowest BCUT2D eigenvalue weighted by molar-refractivity contribution is 0.302. The highest BCUT2D eigenvalue weighted by molar-refractivity contribution is 7.98. The molecule has 2 rings (SSSR count). The fraction of sp³-hybridized carbons (Fsp3) is 0.625. The molecule has 1 fully saturated rings. The molecule has 1 aliphatic carbocycles. The lowest BCUT2D eigenvalue weighted by atomic mass is 9.88. The van der Waals surface area contributed by atoms with Gasteiger partial charge in [-0.05, 0) is 49.1 Å². The van der Waals surface area contributed by atoms with Gasteiger partial charge < -0.3 is 5.32 Å². The molecular formula is C16H25NS. The molecule has 1 nitrogen and oxygen atoms in total. The van der Waals surface area contributed by atoms with Gasteiger partial charge in [0.05, 0.1) is 0 Å². The van der Waals surface area contributed by atoms with Crippen LogP contribution < -0.4 is 5.32 Å².